The number of piperidine rings is 2. The summed E-state index contributed by atoms with van der Waals surface area (Å²) in [6.45, 7) is 9.24. The highest BCUT2D eigenvalue weighted by Gasteiger charge is 2.64. The second-order valence-corrected chi connectivity index (χ2v) is 13.8. The number of carbonyl (C=O) groups is 1. The van der Waals surface area contributed by atoms with Crippen LogP contribution in [0.25, 0.3) is 0 Å². The van der Waals surface area contributed by atoms with Gasteiger partial charge < -0.3 is 15.9 Å². The Kier molecular flexibility index (Phi) is 5.82. The third kappa shape index (κ3) is 3.70. The molecule has 0 aromatic carbocycles. The van der Waals surface area contributed by atoms with Gasteiger partial charge in [-0.05, 0) is 112 Å². The zero-order valence-electron chi connectivity index (χ0n) is 21.8. The molecule has 6 rings (SSSR count). The van der Waals surface area contributed by atoms with Gasteiger partial charge in [-0.15, -0.1) is 0 Å². The van der Waals surface area contributed by atoms with Gasteiger partial charge in [0.15, 0.2) is 0 Å². The molecule has 6 aliphatic rings. The van der Waals surface area contributed by atoms with Crippen LogP contribution < -0.4 is 11.2 Å². The molecule has 2 heterocycles. The first-order chi connectivity index (χ1) is 16.6. The smallest absolute Gasteiger partial charge is 0.332 e. The predicted octanol–water partition coefficient (Wildman–Crippen LogP) is 3.34. The summed E-state index contributed by atoms with van der Waals surface area (Å²) in [5.74, 6) is 4.42. The van der Waals surface area contributed by atoms with E-state index in [-0.39, 0.29) is 17.4 Å². The van der Waals surface area contributed by atoms with Crippen molar-refractivity contribution in [3.63, 3.8) is 0 Å². The van der Waals surface area contributed by atoms with Gasteiger partial charge in [0.2, 0.25) is 0 Å². The molecular formula is C28H46N4O3. The van der Waals surface area contributed by atoms with Crippen LogP contribution in [0.2, 0.25) is 0 Å². The molecule has 4 saturated carbocycles. The Balaban J connectivity index is 1.32. The average Bonchev–Trinajstić information content (AvgIpc) is 3.18. The van der Waals surface area contributed by atoms with Crippen LogP contribution in [0.5, 0.6) is 0 Å². The maximum atomic E-state index is 11.9. The number of aliphatic hydroxyl groups is 2. The fraction of sp³-hybridized carbons (Fsp3) is 0.929. The maximum Gasteiger partial charge on any atom is 0.332 e. The lowest BCUT2D eigenvalue weighted by Crippen LogP contribution is -2.67. The molecule has 5 N–H and O–H groups in total. The normalized spacial score (nSPS) is 54.7. The number of nitrogens with two attached hydrogens (primary N) is 1. The van der Waals surface area contributed by atoms with Crippen LogP contribution >= 0.6 is 0 Å². The van der Waals surface area contributed by atoms with E-state index in [2.05, 4.69) is 36.2 Å². The highest BCUT2D eigenvalue weighted by Crippen LogP contribution is 2.66. The molecule has 2 amide bonds. The van der Waals surface area contributed by atoms with Gasteiger partial charge in [0.1, 0.15) is 0 Å². The Bertz CT molecular complexity index is 891. The summed E-state index contributed by atoms with van der Waals surface area (Å²) in [7, 11) is 0. The van der Waals surface area contributed by atoms with Gasteiger partial charge in [-0.3, -0.25) is 4.90 Å². The van der Waals surface area contributed by atoms with Gasteiger partial charge in [0.05, 0.1) is 11.7 Å². The molecule has 2 aliphatic heterocycles. The first-order valence-corrected chi connectivity index (χ1v) is 14.4. The molecular weight excluding hydrogens is 440 g/mol. The van der Waals surface area contributed by atoms with E-state index in [9.17, 15) is 15.0 Å². The first-order valence-electron chi connectivity index (χ1n) is 14.4. The lowest BCUT2D eigenvalue weighted by atomic mass is 9.51. The molecule has 0 bridgehead atoms. The molecule has 2 saturated heterocycles. The summed E-state index contributed by atoms with van der Waals surface area (Å²) in [6, 6.07) is -0.294. The van der Waals surface area contributed by atoms with Crippen molar-refractivity contribution in [2.24, 2.45) is 63.6 Å². The van der Waals surface area contributed by atoms with Crippen molar-refractivity contribution in [3.8, 4) is 0 Å². The Hall–Kier alpha value is -1.18. The molecule has 35 heavy (non-hydrogen) atoms. The van der Waals surface area contributed by atoms with Gasteiger partial charge in [-0.25, -0.2) is 10.2 Å². The second-order valence-electron chi connectivity index (χ2n) is 13.8. The van der Waals surface area contributed by atoms with Gasteiger partial charge >= 0.3 is 6.03 Å². The lowest BCUT2D eigenvalue weighted by Gasteiger charge is -2.59. The fourth-order valence-corrected chi connectivity index (χ4v) is 10.6. The van der Waals surface area contributed by atoms with Crippen LogP contribution in [0.3, 0.4) is 0 Å². The number of urea groups is 1. The highest BCUT2D eigenvalue weighted by molar-refractivity contribution is 5.90. The maximum absolute atomic E-state index is 11.9. The van der Waals surface area contributed by atoms with Gasteiger partial charge in [-0.1, -0.05) is 13.8 Å². The van der Waals surface area contributed by atoms with Crippen LogP contribution in [0, 0.1) is 52.8 Å². The van der Waals surface area contributed by atoms with E-state index in [0.29, 0.717) is 47.5 Å². The number of hydrogen-bond acceptors (Lipinski definition) is 5. The number of hydrazone groups is 1. The van der Waals surface area contributed by atoms with E-state index >= 15 is 0 Å². The molecule has 7 nitrogen and oxygen atoms in total. The fourth-order valence-electron chi connectivity index (χ4n) is 10.6. The van der Waals surface area contributed by atoms with E-state index < -0.39 is 11.6 Å². The second kappa shape index (κ2) is 8.42. The van der Waals surface area contributed by atoms with E-state index in [1.165, 1.54) is 19.3 Å². The largest absolute Gasteiger partial charge is 0.393 e. The standard InChI is InChI=1S/C28H46N4O3/c1-15-4-7-25-28(3,35)21-6-5-17-18(20(21)14-32(25)13-15)11-22-19(17)12-24(30-31-26(29)34)23-10-16(33)8-9-27(22,23)2/h15-23,25,33,35H,4-14H2,1-3H3,(H3,29,31,34). The zero-order valence-corrected chi connectivity index (χ0v) is 21.8. The van der Waals surface area contributed by atoms with Crippen LogP contribution in [0.1, 0.15) is 78.6 Å². The lowest BCUT2D eigenvalue weighted by molar-refractivity contribution is -0.175. The number of aliphatic hydroxyl groups excluding tert-OH is 1. The molecule has 0 aromatic heterocycles. The van der Waals surface area contributed by atoms with E-state index in [1.807, 2.05) is 0 Å². The average molecular weight is 487 g/mol. The van der Waals surface area contributed by atoms with Crippen LogP contribution in [-0.2, 0) is 0 Å². The molecule has 4 aliphatic carbocycles. The van der Waals surface area contributed by atoms with Crippen molar-refractivity contribution in [1.82, 2.24) is 10.3 Å². The minimum absolute atomic E-state index is 0.104. The molecule has 0 aromatic rings. The molecule has 12 atom stereocenters. The van der Waals surface area contributed by atoms with Gasteiger partial charge in [-0.2, -0.15) is 5.10 Å². The SMILES string of the molecule is CC1CCC2N(C1)CC1C3CC4C(CC(=NNC(N)=O)C5CC(O)CCC54C)C3CCC1C2(C)O. The molecule has 0 radical (unpaired) electrons. The Morgan fingerprint density at radius 1 is 1.03 bits per heavy atom. The zero-order chi connectivity index (χ0) is 24.7. The summed E-state index contributed by atoms with van der Waals surface area (Å²) in [5.41, 5.74) is 8.47. The monoisotopic (exact) mass is 486 g/mol. The van der Waals surface area contributed by atoms with Crippen LogP contribution in [-0.4, -0.2) is 57.7 Å². The Labute approximate surface area is 210 Å². The van der Waals surface area contributed by atoms with Gasteiger partial charge in [0, 0.05) is 30.8 Å². The van der Waals surface area contributed by atoms with Gasteiger partial charge in [0.25, 0.3) is 0 Å². The molecule has 6 fully saturated rings. The summed E-state index contributed by atoms with van der Waals surface area (Å²) in [6.07, 6.45) is 9.19. The van der Waals surface area contributed by atoms with Crippen molar-refractivity contribution < 1.29 is 15.0 Å². The van der Waals surface area contributed by atoms with Crippen molar-refractivity contribution in [3.05, 3.63) is 0 Å². The molecule has 0 spiro atoms. The number of fused-ring (bicyclic) bond motifs is 8. The minimum Gasteiger partial charge on any atom is -0.393 e. The van der Waals surface area contributed by atoms with Crippen molar-refractivity contribution in [2.75, 3.05) is 13.1 Å². The van der Waals surface area contributed by atoms with E-state index in [1.54, 1.807) is 0 Å². The number of nitrogens with zero attached hydrogens (tertiary/aromatic N) is 2. The van der Waals surface area contributed by atoms with Crippen LogP contribution in [0.15, 0.2) is 5.10 Å². The third-order valence-corrected chi connectivity index (χ3v) is 12.1. The van der Waals surface area contributed by atoms with Crippen molar-refractivity contribution >= 4 is 11.7 Å². The van der Waals surface area contributed by atoms with Crippen molar-refractivity contribution in [2.45, 2.75) is 96.3 Å². The van der Waals surface area contributed by atoms with Crippen LogP contribution in [0.4, 0.5) is 4.79 Å². The first kappa shape index (κ1) is 24.2. The highest BCUT2D eigenvalue weighted by atomic mass is 16.3. The minimum atomic E-state index is -0.614. The predicted molar refractivity (Wildman–Crippen MR) is 135 cm³/mol. The Morgan fingerprint density at radius 2 is 1.83 bits per heavy atom. The Morgan fingerprint density at radius 3 is 2.60 bits per heavy atom. The summed E-state index contributed by atoms with van der Waals surface area (Å²) < 4.78 is 0. The summed E-state index contributed by atoms with van der Waals surface area (Å²) in [4.78, 5) is 14.1. The number of amides is 2. The third-order valence-electron chi connectivity index (χ3n) is 12.1. The number of hydrogen-bond donors (Lipinski definition) is 4. The molecule has 7 heteroatoms. The van der Waals surface area contributed by atoms with E-state index in [0.717, 1.165) is 57.3 Å². The number of carbonyl (C=O) groups excluding carboxylic acids is 1. The number of primary amides is 1. The number of rotatable bonds is 1. The summed E-state index contributed by atoms with van der Waals surface area (Å²) >= 11 is 0. The molecule has 196 valence electrons. The summed E-state index contributed by atoms with van der Waals surface area (Å²) in [5, 5.41) is 27.0. The topological polar surface area (TPSA) is 111 Å². The number of nitrogens with one attached hydrogen (secondary N) is 1. The molecule has 12 unspecified atom stereocenters. The van der Waals surface area contributed by atoms with E-state index in [4.69, 9.17) is 5.73 Å². The quantitative estimate of drug-likeness (QED) is 0.426. The van der Waals surface area contributed by atoms with Crippen molar-refractivity contribution in [1.29, 1.82) is 0 Å².